The number of rotatable bonds is 8. The molecular formula is C25H34BrN5O3. The van der Waals surface area contributed by atoms with E-state index in [9.17, 15) is 9.59 Å². The van der Waals surface area contributed by atoms with E-state index < -0.39 is 0 Å². The lowest BCUT2D eigenvalue weighted by Gasteiger charge is -2.40. The summed E-state index contributed by atoms with van der Waals surface area (Å²) in [5.74, 6) is 1.06. The Bertz CT molecular complexity index is 946. The van der Waals surface area contributed by atoms with Crippen LogP contribution in [0.1, 0.15) is 25.7 Å². The summed E-state index contributed by atoms with van der Waals surface area (Å²) in [6, 6.07) is 9.69. The minimum Gasteiger partial charge on any atom is -0.490 e. The fraction of sp³-hybridized carbons (Fsp3) is 0.560. The Hall–Kier alpha value is -2.39. The first kappa shape index (κ1) is 24.7. The van der Waals surface area contributed by atoms with E-state index in [1.807, 2.05) is 51.0 Å². The highest BCUT2D eigenvalue weighted by Crippen LogP contribution is 2.28. The van der Waals surface area contributed by atoms with Gasteiger partial charge in [0.05, 0.1) is 0 Å². The van der Waals surface area contributed by atoms with E-state index in [2.05, 4.69) is 33.0 Å². The van der Waals surface area contributed by atoms with Gasteiger partial charge in [-0.2, -0.15) is 5.10 Å². The van der Waals surface area contributed by atoms with E-state index in [1.54, 1.807) is 6.20 Å². The summed E-state index contributed by atoms with van der Waals surface area (Å²) in [4.78, 5) is 32.2. The normalized spacial score (nSPS) is 21.5. The average molecular weight is 532 g/mol. The Morgan fingerprint density at radius 1 is 1.09 bits per heavy atom. The standard InChI is InChI=1S/C25H34BrN5O3/c1-28-13-15-29(16-14-28)25(33)17-20-19-30(24(32)7-3-10-31-11-4-9-27-31)12-8-23(20)34-22-6-2-5-21(26)18-22/h2,4-6,9,11,18,20,23H,3,7-8,10,12-17,19H2,1H3/t20-,23-/m0/s1. The van der Waals surface area contributed by atoms with Crippen molar-refractivity contribution in [1.29, 1.82) is 0 Å². The number of likely N-dealkylation sites (tertiary alicyclic amines) is 1. The number of ether oxygens (including phenoxy) is 1. The quantitative estimate of drug-likeness (QED) is 0.523. The number of carbonyl (C=O) groups is 2. The van der Waals surface area contributed by atoms with Gasteiger partial charge in [0.2, 0.25) is 11.8 Å². The first-order valence-corrected chi connectivity index (χ1v) is 12.9. The van der Waals surface area contributed by atoms with Crippen molar-refractivity contribution in [3.63, 3.8) is 0 Å². The number of benzene rings is 1. The van der Waals surface area contributed by atoms with Crippen LogP contribution in [0.3, 0.4) is 0 Å². The minimum absolute atomic E-state index is 0.0325. The van der Waals surface area contributed by atoms with Gasteiger partial charge < -0.3 is 19.4 Å². The number of piperazine rings is 1. The lowest BCUT2D eigenvalue weighted by Crippen LogP contribution is -2.51. The second kappa shape index (κ2) is 11.8. The lowest BCUT2D eigenvalue weighted by molar-refractivity contribution is -0.140. The third-order valence-corrected chi connectivity index (χ3v) is 7.22. The molecule has 0 aliphatic carbocycles. The highest BCUT2D eigenvalue weighted by Gasteiger charge is 2.35. The fourth-order valence-electron chi connectivity index (χ4n) is 4.70. The number of hydrogen-bond acceptors (Lipinski definition) is 5. The second-order valence-electron chi connectivity index (χ2n) is 9.26. The number of halogens is 1. The van der Waals surface area contributed by atoms with Crippen LogP contribution >= 0.6 is 15.9 Å². The molecule has 34 heavy (non-hydrogen) atoms. The van der Waals surface area contributed by atoms with Crippen LogP contribution in [-0.4, -0.2) is 88.7 Å². The smallest absolute Gasteiger partial charge is 0.223 e. The SMILES string of the molecule is CN1CCN(C(=O)C[C@H]2CN(C(=O)CCCn3cccn3)CC[C@@H]2Oc2cccc(Br)c2)CC1. The molecule has 0 spiro atoms. The topological polar surface area (TPSA) is 70.9 Å². The number of carbonyl (C=O) groups excluding carboxylic acids is 2. The Morgan fingerprint density at radius 2 is 1.91 bits per heavy atom. The number of aromatic nitrogens is 2. The molecule has 1 aromatic heterocycles. The van der Waals surface area contributed by atoms with Gasteiger partial charge >= 0.3 is 0 Å². The molecule has 8 nitrogen and oxygen atoms in total. The second-order valence-corrected chi connectivity index (χ2v) is 10.2. The summed E-state index contributed by atoms with van der Waals surface area (Å²) in [7, 11) is 2.08. The van der Waals surface area contributed by atoms with E-state index in [0.717, 1.165) is 55.8 Å². The van der Waals surface area contributed by atoms with E-state index in [-0.39, 0.29) is 23.8 Å². The van der Waals surface area contributed by atoms with E-state index in [1.165, 1.54) is 0 Å². The maximum Gasteiger partial charge on any atom is 0.223 e. The molecule has 2 atom stereocenters. The average Bonchev–Trinajstić information content (AvgIpc) is 3.34. The molecule has 0 unspecified atom stereocenters. The van der Waals surface area contributed by atoms with Gasteiger partial charge in [-0.25, -0.2) is 0 Å². The van der Waals surface area contributed by atoms with Gasteiger partial charge in [-0.15, -0.1) is 0 Å². The highest BCUT2D eigenvalue weighted by molar-refractivity contribution is 9.10. The molecule has 2 saturated heterocycles. The molecule has 0 radical (unpaired) electrons. The Labute approximate surface area is 210 Å². The van der Waals surface area contributed by atoms with Crippen LogP contribution in [-0.2, 0) is 16.1 Å². The van der Waals surface area contributed by atoms with E-state index >= 15 is 0 Å². The van der Waals surface area contributed by atoms with Gasteiger partial charge in [0.15, 0.2) is 0 Å². The van der Waals surface area contributed by atoms with Crippen LogP contribution in [0.15, 0.2) is 47.2 Å². The van der Waals surface area contributed by atoms with Gasteiger partial charge in [-0.05, 0) is 37.7 Å². The van der Waals surface area contributed by atoms with Gasteiger partial charge in [-0.3, -0.25) is 14.3 Å². The number of piperidine rings is 1. The van der Waals surface area contributed by atoms with Gasteiger partial charge in [0, 0.05) is 87.9 Å². The predicted molar refractivity (Wildman–Crippen MR) is 133 cm³/mol. The number of hydrogen-bond donors (Lipinski definition) is 0. The van der Waals surface area contributed by atoms with Crippen molar-refractivity contribution in [2.75, 3.05) is 46.3 Å². The molecule has 0 bridgehead atoms. The maximum atomic E-state index is 13.1. The number of aryl methyl sites for hydroxylation is 1. The molecule has 2 aromatic rings. The van der Waals surface area contributed by atoms with Crippen LogP contribution in [0.2, 0.25) is 0 Å². The minimum atomic E-state index is -0.0983. The van der Waals surface area contributed by atoms with Gasteiger partial charge in [0.1, 0.15) is 11.9 Å². The first-order valence-electron chi connectivity index (χ1n) is 12.1. The Balaban J connectivity index is 1.38. The molecule has 9 heteroatoms. The third kappa shape index (κ3) is 6.82. The summed E-state index contributed by atoms with van der Waals surface area (Å²) < 4.78 is 9.16. The number of likely N-dealkylation sites (N-methyl/N-ethyl adjacent to an activating group) is 1. The van der Waals surface area contributed by atoms with Crippen molar-refractivity contribution < 1.29 is 14.3 Å². The summed E-state index contributed by atoms with van der Waals surface area (Å²) >= 11 is 3.50. The summed E-state index contributed by atoms with van der Waals surface area (Å²) in [6.45, 7) is 5.25. The van der Waals surface area contributed by atoms with Crippen molar-refractivity contribution in [2.24, 2.45) is 5.92 Å². The molecule has 0 saturated carbocycles. The molecule has 184 valence electrons. The molecule has 0 N–H and O–H groups in total. The van der Waals surface area contributed by atoms with Crippen molar-refractivity contribution in [3.05, 3.63) is 47.2 Å². The van der Waals surface area contributed by atoms with Crippen LogP contribution in [0.5, 0.6) is 5.75 Å². The summed E-state index contributed by atoms with van der Waals surface area (Å²) in [5.41, 5.74) is 0. The van der Waals surface area contributed by atoms with Crippen molar-refractivity contribution in [2.45, 2.75) is 38.3 Å². The molecular weight excluding hydrogens is 498 g/mol. The van der Waals surface area contributed by atoms with E-state index in [0.29, 0.717) is 25.9 Å². The molecule has 2 aliphatic rings. The summed E-state index contributed by atoms with van der Waals surface area (Å²) in [6.07, 6.45) is 5.92. The zero-order valence-corrected chi connectivity index (χ0v) is 21.4. The molecule has 3 heterocycles. The van der Waals surface area contributed by atoms with Crippen LogP contribution in [0.25, 0.3) is 0 Å². The third-order valence-electron chi connectivity index (χ3n) is 6.73. The van der Waals surface area contributed by atoms with Crippen molar-refractivity contribution in [3.8, 4) is 5.75 Å². The Morgan fingerprint density at radius 3 is 2.65 bits per heavy atom. The molecule has 1 aromatic carbocycles. The number of nitrogens with zero attached hydrogens (tertiary/aromatic N) is 5. The van der Waals surface area contributed by atoms with Gasteiger partial charge in [0.25, 0.3) is 0 Å². The molecule has 4 rings (SSSR count). The zero-order valence-electron chi connectivity index (χ0n) is 19.8. The monoisotopic (exact) mass is 531 g/mol. The highest BCUT2D eigenvalue weighted by atomic mass is 79.9. The number of amides is 2. The van der Waals surface area contributed by atoms with Crippen molar-refractivity contribution >= 4 is 27.7 Å². The fourth-order valence-corrected chi connectivity index (χ4v) is 5.07. The zero-order chi connectivity index (χ0) is 23.9. The molecule has 2 aliphatic heterocycles. The van der Waals surface area contributed by atoms with Crippen molar-refractivity contribution in [1.82, 2.24) is 24.5 Å². The largest absolute Gasteiger partial charge is 0.490 e. The van der Waals surface area contributed by atoms with E-state index in [4.69, 9.17) is 4.74 Å². The predicted octanol–water partition coefficient (Wildman–Crippen LogP) is 2.89. The lowest BCUT2D eigenvalue weighted by atomic mass is 9.90. The van der Waals surface area contributed by atoms with Crippen LogP contribution < -0.4 is 4.74 Å². The summed E-state index contributed by atoms with van der Waals surface area (Å²) in [5, 5.41) is 4.20. The maximum absolute atomic E-state index is 13.1. The van der Waals surface area contributed by atoms with Crippen LogP contribution in [0.4, 0.5) is 0 Å². The Kier molecular flexibility index (Phi) is 8.61. The molecule has 2 fully saturated rings. The van der Waals surface area contributed by atoms with Crippen LogP contribution in [0, 0.1) is 5.92 Å². The molecule has 2 amide bonds. The first-order chi connectivity index (χ1) is 16.5. The van der Waals surface area contributed by atoms with Gasteiger partial charge in [-0.1, -0.05) is 22.0 Å².